The number of nitrogens with one attached hydrogen (secondary N) is 1. The molecule has 1 atom stereocenters. The number of fused-ring (bicyclic) bond motifs is 2. The summed E-state index contributed by atoms with van der Waals surface area (Å²) in [6.45, 7) is 6.11. The number of aryl methyl sites for hydroxylation is 1. The number of H-pyrrole nitrogens is 1. The molecule has 2 aliphatic rings. The lowest BCUT2D eigenvalue weighted by Gasteiger charge is -2.35. The molecular weight excluding hydrogens is 372 g/mol. The summed E-state index contributed by atoms with van der Waals surface area (Å²) in [5.74, 6) is 1.97. The van der Waals surface area contributed by atoms with Gasteiger partial charge in [0.15, 0.2) is 17.2 Å². The van der Waals surface area contributed by atoms with Crippen LogP contribution in [0.3, 0.4) is 0 Å². The van der Waals surface area contributed by atoms with Crippen LogP contribution >= 0.6 is 0 Å². The number of benzene rings is 1. The fourth-order valence-corrected chi connectivity index (χ4v) is 3.92. The topological polar surface area (TPSA) is 81.6 Å². The van der Waals surface area contributed by atoms with E-state index in [2.05, 4.69) is 40.7 Å². The Balaban J connectivity index is 1.26. The third-order valence-electron chi connectivity index (χ3n) is 5.54. The summed E-state index contributed by atoms with van der Waals surface area (Å²) in [4.78, 5) is 14.9. The van der Waals surface area contributed by atoms with Gasteiger partial charge >= 0.3 is 0 Å². The first-order chi connectivity index (χ1) is 14.1. The first kappa shape index (κ1) is 17.7. The Morgan fingerprint density at radius 1 is 1.21 bits per heavy atom. The quantitative estimate of drug-likeness (QED) is 0.736. The van der Waals surface area contributed by atoms with Gasteiger partial charge in [-0.15, -0.1) is 0 Å². The van der Waals surface area contributed by atoms with Gasteiger partial charge in [-0.05, 0) is 44.2 Å². The highest BCUT2D eigenvalue weighted by molar-refractivity contribution is 5.92. The Morgan fingerprint density at radius 2 is 2.07 bits per heavy atom. The van der Waals surface area contributed by atoms with Crippen molar-refractivity contribution in [1.82, 2.24) is 19.7 Å². The second-order valence-electron chi connectivity index (χ2n) is 7.31. The van der Waals surface area contributed by atoms with Gasteiger partial charge in [0, 0.05) is 30.5 Å². The van der Waals surface area contributed by atoms with Crippen molar-refractivity contribution in [2.24, 2.45) is 0 Å². The molecule has 0 fully saturated rings. The number of carbonyl (C=O) groups is 1. The van der Waals surface area contributed by atoms with E-state index in [1.807, 2.05) is 17.0 Å². The zero-order chi connectivity index (χ0) is 20.0. The molecule has 2 aromatic heterocycles. The maximum Gasteiger partial charge on any atom is 0.274 e. The number of aromatic nitrogens is 3. The van der Waals surface area contributed by atoms with Crippen LogP contribution in [0.4, 0.5) is 0 Å². The van der Waals surface area contributed by atoms with Gasteiger partial charge in [0.25, 0.3) is 5.91 Å². The van der Waals surface area contributed by atoms with E-state index >= 15 is 0 Å². The summed E-state index contributed by atoms with van der Waals surface area (Å²) in [5.41, 5.74) is 3.51. The van der Waals surface area contributed by atoms with E-state index in [4.69, 9.17) is 14.2 Å². The lowest BCUT2D eigenvalue weighted by atomic mass is 10.1. The van der Waals surface area contributed by atoms with E-state index in [0.717, 1.165) is 17.9 Å². The smallest absolute Gasteiger partial charge is 0.274 e. The Morgan fingerprint density at radius 3 is 2.97 bits per heavy atom. The van der Waals surface area contributed by atoms with Crippen LogP contribution in [0.15, 0.2) is 36.4 Å². The number of nitrogens with zero attached hydrogens (tertiary/aromatic N) is 3. The maximum absolute atomic E-state index is 13.0. The van der Waals surface area contributed by atoms with Crippen molar-refractivity contribution in [1.29, 1.82) is 0 Å². The lowest BCUT2D eigenvalue weighted by molar-refractivity contribution is 0.0636. The minimum Gasteiger partial charge on any atom is -0.487 e. The van der Waals surface area contributed by atoms with E-state index in [9.17, 15) is 4.79 Å². The summed E-state index contributed by atoms with van der Waals surface area (Å²) in [6.07, 6.45) is 0. The van der Waals surface area contributed by atoms with Crippen LogP contribution in [0, 0.1) is 6.92 Å². The molecule has 0 saturated heterocycles. The van der Waals surface area contributed by atoms with Crippen molar-refractivity contribution < 1.29 is 19.0 Å². The van der Waals surface area contributed by atoms with Crippen molar-refractivity contribution in [2.75, 3.05) is 13.3 Å². The Hall–Kier alpha value is -3.42. The maximum atomic E-state index is 13.0. The second-order valence-corrected chi connectivity index (χ2v) is 7.31. The molecule has 0 aliphatic carbocycles. The van der Waals surface area contributed by atoms with E-state index < -0.39 is 0 Å². The van der Waals surface area contributed by atoms with Gasteiger partial charge < -0.3 is 23.7 Å². The second kappa shape index (κ2) is 6.88. The number of carbonyl (C=O) groups excluding carboxylic acids is 1. The fourth-order valence-electron chi connectivity index (χ4n) is 3.92. The summed E-state index contributed by atoms with van der Waals surface area (Å²) in [6, 6.07) is 11.4. The minimum absolute atomic E-state index is 0.00924. The molecule has 4 heterocycles. The Labute approximate surface area is 168 Å². The fraction of sp³-hybridized carbons (Fsp3) is 0.333. The molecule has 0 bridgehead atoms. The van der Waals surface area contributed by atoms with Crippen molar-refractivity contribution in [3.63, 3.8) is 0 Å². The average Bonchev–Trinajstić information content (AvgIpc) is 3.46. The lowest BCUT2D eigenvalue weighted by Crippen LogP contribution is -2.41. The summed E-state index contributed by atoms with van der Waals surface area (Å²) >= 11 is 0. The molecular formula is C21H22N4O4. The molecule has 150 valence electrons. The molecule has 0 spiro atoms. The van der Waals surface area contributed by atoms with Crippen LogP contribution in [-0.4, -0.2) is 38.9 Å². The molecule has 1 unspecified atom stereocenters. The monoisotopic (exact) mass is 394 g/mol. The number of ether oxygens (including phenoxy) is 3. The van der Waals surface area contributed by atoms with Crippen LogP contribution in [0.1, 0.15) is 40.5 Å². The standard InChI is InChI=1S/C21H22N4O4/c1-13-3-5-18-14(2)25(8-7-24(13)18)21(26)17-9-15(22-23-17)11-27-16-4-6-19-20(10-16)29-12-28-19/h3-6,9-10,14H,7-8,11-12H2,1-2H3,(H,22,23). The van der Waals surface area contributed by atoms with Crippen LogP contribution < -0.4 is 14.2 Å². The Kier molecular flexibility index (Phi) is 4.19. The highest BCUT2D eigenvalue weighted by Gasteiger charge is 2.30. The average molecular weight is 394 g/mol. The van der Waals surface area contributed by atoms with Gasteiger partial charge in [-0.3, -0.25) is 9.89 Å². The number of hydrogen-bond donors (Lipinski definition) is 1. The van der Waals surface area contributed by atoms with Crippen LogP contribution in [0.2, 0.25) is 0 Å². The first-order valence-electron chi connectivity index (χ1n) is 9.64. The minimum atomic E-state index is -0.0758. The molecule has 5 rings (SSSR count). The van der Waals surface area contributed by atoms with E-state index in [1.165, 1.54) is 5.69 Å². The molecule has 2 aliphatic heterocycles. The van der Waals surface area contributed by atoms with Gasteiger partial charge in [0.2, 0.25) is 6.79 Å². The predicted molar refractivity (Wildman–Crippen MR) is 104 cm³/mol. The largest absolute Gasteiger partial charge is 0.487 e. The van der Waals surface area contributed by atoms with Crippen molar-refractivity contribution >= 4 is 5.91 Å². The molecule has 0 saturated carbocycles. The third-order valence-corrected chi connectivity index (χ3v) is 5.54. The van der Waals surface area contributed by atoms with Gasteiger partial charge in [0.05, 0.1) is 11.7 Å². The van der Waals surface area contributed by atoms with Crippen LogP contribution in [0.25, 0.3) is 0 Å². The van der Waals surface area contributed by atoms with Crippen molar-refractivity contribution in [3.05, 3.63) is 59.2 Å². The SMILES string of the molecule is Cc1ccc2n1CCN(C(=O)c1cc(COc3ccc4c(c3)OCO4)[nH]n1)C2C. The van der Waals surface area contributed by atoms with E-state index in [0.29, 0.717) is 29.5 Å². The molecule has 0 radical (unpaired) electrons. The summed E-state index contributed by atoms with van der Waals surface area (Å²) in [5, 5.41) is 7.11. The third kappa shape index (κ3) is 3.10. The molecule has 8 heteroatoms. The highest BCUT2D eigenvalue weighted by atomic mass is 16.7. The summed E-state index contributed by atoms with van der Waals surface area (Å²) in [7, 11) is 0. The predicted octanol–water partition coefficient (Wildman–Crippen LogP) is 3.04. The zero-order valence-electron chi connectivity index (χ0n) is 16.3. The molecule has 3 aromatic rings. The Bertz CT molecular complexity index is 1070. The zero-order valence-corrected chi connectivity index (χ0v) is 16.3. The molecule has 1 N–H and O–H groups in total. The van der Waals surface area contributed by atoms with Crippen molar-refractivity contribution in [3.8, 4) is 17.2 Å². The van der Waals surface area contributed by atoms with Gasteiger partial charge in [-0.25, -0.2) is 0 Å². The van der Waals surface area contributed by atoms with Crippen LogP contribution in [-0.2, 0) is 13.2 Å². The van der Waals surface area contributed by atoms with Gasteiger partial charge in [-0.1, -0.05) is 0 Å². The normalized spacial score (nSPS) is 17.3. The highest BCUT2D eigenvalue weighted by Crippen LogP contribution is 2.35. The first-order valence-corrected chi connectivity index (χ1v) is 9.64. The molecule has 8 nitrogen and oxygen atoms in total. The molecule has 1 aromatic carbocycles. The number of aromatic amines is 1. The van der Waals surface area contributed by atoms with Crippen molar-refractivity contribution in [2.45, 2.75) is 33.0 Å². The van der Waals surface area contributed by atoms with Crippen LogP contribution in [0.5, 0.6) is 17.2 Å². The van der Waals surface area contributed by atoms with Gasteiger partial charge in [-0.2, -0.15) is 5.10 Å². The number of rotatable bonds is 4. The van der Waals surface area contributed by atoms with E-state index in [-0.39, 0.29) is 25.3 Å². The molecule has 1 amide bonds. The van der Waals surface area contributed by atoms with E-state index in [1.54, 1.807) is 12.1 Å². The van der Waals surface area contributed by atoms with Gasteiger partial charge in [0.1, 0.15) is 12.4 Å². The molecule has 29 heavy (non-hydrogen) atoms. The summed E-state index contributed by atoms with van der Waals surface area (Å²) < 4.78 is 18.7. The number of amides is 1. The number of hydrogen-bond acceptors (Lipinski definition) is 5.